The van der Waals surface area contributed by atoms with Crippen LogP contribution in [-0.4, -0.2) is 24.9 Å². The molecule has 1 N–H and O–H groups in total. The molecular formula is C15H19Cl2NO2. The molecule has 3 nitrogen and oxygen atoms in total. The van der Waals surface area contributed by atoms with Crippen LogP contribution in [0, 0.1) is 11.8 Å². The second kappa shape index (κ2) is 7.75. The van der Waals surface area contributed by atoms with E-state index in [2.05, 4.69) is 5.32 Å². The highest BCUT2D eigenvalue weighted by Crippen LogP contribution is 2.31. The third-order valence-electron chi connectivity index (χ3n) is 3.74. The Bertz CT molecular complexity index is 453. The molecule has 110 valence electrons. The molecule has 2 unspecified atom stereocenters. The van der Waals surface area contributed by atoms with Crippen molar-refractivity contribution >= 4 is 29.1 Å². The van der Waals surface area contributed by atoms with Gasteiger partial charge in [0.15, 0.2) is 6.61 Å². The average Bonchev–Trinajstić information content (AvgIpc) is 2.90. The number of carbonyl (C=O) groups excluding carboxylic acids is 1. The van der Waals surface area contributed by atoms with E-state index >= 15 is 0 Å². The normalized spacial score (nSPS) is 21.7. The van der Waals surface area contributed by atoms with Crippen molar-refractivity contribution in [1.82, 2.24) is 5.32 Å². The minimum absolute atomic E-state index is 0.0125. The van der Waals surface area contributed by atoms with Gasteiger partial charge >= 0.3 is 0 Å². The molecular weight excluding hydrogens is 297 g/mol. The molecule has 0 spiro atoms. The van der Waals surface area contributed by atoms with Crippen LogP contribution >= 0.6 is 23.2 Å². The van der Waals surface area contributed by atoms with E-state index in [1.165, 1.54) is 12.8 Å². The summed E-state index contributed by atoms with van der Waals surface area (Å²) in [6, 6.07) is 7.02. The Morgan fingerprint density at radius 3 is 2.90 bits per heavy atom. The van der Waals surface area contributed by atoms with Crippen molar-refractivity contribution in [1.29, 1.82) is 0 Å². The fourth-order valence-electron chi connectivity index (χ4n) is 2.59. The molecule has 0 heterocycles. The molecule has 20 heavy (non-hydrogen) atoms. The second-order valence-electron chi connectivity index (χ2n) is 5.16. The van der Waals surface area contributed by atoms with Gasteiger partial charge in [0.2, 0.25) is 0 Å². The fourth-order valence-corrected chi connectivity index (χ4v) is 3.17. The quantitative estimate of drug-likeness (QED) is 0.816. The molecule has 1 saturated carbocycles. The van der Waals surface area contributed by atoms with Crippen molar-refractivity contribution < 1.29 is 9.53 Å². The van der Waals surface area contributed by atoms with Gasteiger partial charge < -0.3 is 10.1 Å². The van der Waals surface area contributed by atoms with Gasteiger partial charge in [-0.2, -0.15) is 0 Å². The van der Waals surface area contributed by atoms with Crippen molar-refractivity contribution in [2.45, 2.75) is 19.3 Å². The maximum atomic E-state index is 11.8. The van der Waals surface area contributed by atoms with Crippen LogP contribution in [0.2, 0.25) is 5.02 Å². The predicted molar refractivity (Wildman–Crippen MR) is 81.5 cm³/mol. The third-order valence-corrected chi connectivity index (χ3v) is 4.37. The zero-order valence-electron chi connectivity index (χ0n) is 11.3. The molecule has 2 atom stereocenters. The van der Waals surface area contributed by atoms with Crippen LogP contribution in [0.4, 0.5) is 0 Å². The Hall–Kier alpha value is -0.930. The molecule has 0 aromatic heterocycles. The molecule has 0 aliphatic heterocycles. The summed E-state index contributed by atoms with van der Waals surface area (Å²) in [7, 11) is 0. The van der Waals surface area contributed by atoms with Gasteiger partial charge in [0, 0.05) is 17.4 Å². The molecule has 5 heteroatoms. The summed E-state index contributed by atoms with van der Waals surface area (Å²) in [6.07, 6.45) is 3.52. The topological polar surface area (TPSA) is 38.3 Å². The van der Waals surface area contributed by atoms with E-state index in [4.69, 9.17) is 27.9 Å². The summed E-state index contributed by atoms with van der Waals surface area (Å²) in [5, 5.41) is 3.51. The Labute approximate surface area is 129 Å². The number of hydrogen-bond acceptors (Lipinski definition) is 2. The van der Waals surface area contributed by atoms with Gasteiger partial charge in [-0.15, -0.1) is 11.6 Å². The SMILES string of the molecule is O=C(COc1cccc(Cl)c1)NCC1CCCC1CCl. The van der Waals surface area contributed by atoms with Crippen molar-refractivity contribution in [3.8, 4) is 5.75 Å². The van der Waals surface area contributed by atoms with Crippen molar-refractivity contribution in [3.63, 3.8) is 0 Å². The fraction of sp³-hybridized carbons (Fsp3) is 0.533. The van der Waals surface area contributed by atoms with Crippen LogP contribution in [0.25, 0.3) is 0 Å². The number of benzene rings is 1. The summed E-state index contributed by atoms with van der Waals surface area (Å²) in [5.41, 5.74) is 0. The summed E-state index contributed by atoms with van der Waals surface area (Å²) >= 11 is 11.8. The first-order valence-electron chi connectivity index (χ1n) is 6.90. The first-order chi connectivity index (χ1) is 9.69. The predicted octanol–water partition coefficient (Wildman–Crippen LogP) is 3.49. The van der Waals surface area contributed by atoms with Gasteiger partial charge in [-0.25, -0.2) is 0 Å². The highest BCUT2D eigenvalue weighted by molar-refractivity contribution is 6.30. The van der Waals surface area contributed by atoms with Crippen molar-refractivity contribution in [2.24, 2.45) is 11.8 Å². The summed E-state index contributed by atoms with van der Waals surface area (Å²) in [5.74, 6) is 2.21. The molecule has 0 radical (unpaired) electrons. The first-order valence-corrected chi connectivity index (χ1v) is 7.81. The Morgan fingerprint density at radius 2 is 2.15 bits per heavy atom. The Kier molecular flexibility index (Phi) is 5.99. The van der Waals surface area contributed by atoms with Crippen LogP contribution < -0.4 is 10.1 Å². The lowest BCUT2D eigenvalue weighted by molar-refractivity contribution is -0.123. The molecule has 1 amide bonds. The van der Waals surface area contributed by atoms with Crippen molar-refractivity contribution in [2.75, 3.05) is 19.0 Å². The van der Waals surface area contributed by atoms with Crippen LogP contribution in [0.5, 0.6) is 5.75 Å². The summed E-state index contributed by atoms with van der Waals surface area (Å²) in [6.45, 7) is 0.702. The van der Waals surface area contributed by atoms with Gasteiger partial charge in [-0.1, -0.05) is 24.1 Å². The lowest BCUT2D eigenvalue weighted by atomic mass is 9.98. The monoisotopic (exact) mass is 315 g/mol. The molecule has 0 saturated heterocycles. The third kappa shape index (κ3) is 4.57. The van der Waals surface area contributed by atoms with E-state index in [-0.39, 0.29) is 12.5 Å². The van der Waals surface area contributed by atoms with Crippen molar-refractivity contribution in [3.05, 3.63) is 29.3 Å². The number of halogens is 2. The second-order valence-corrected chi connectivity index (χ2v) is 5.90. The molecule has 1 aliphatic carbocycles. The molecule has 1 aliphatic rings. The van der Waals surface area contributed by atoms with Crippen LogP contribution in [0.15, 0.2) is 24.3 Å². The summed E-state index contributed by atoms with van der Waals surface area (Å²) < 4.78 is 5.39. The number of nitrogens with one attached hydrogen (secondary N) is 1. The van der Waals surface area contributed by atoms with Gasteiger partial charge in [-0.05, 0) is 42.9 Å². The highest BCUT2D eigenvalue weighted by atomic mass is 35.5. The smallest absolute Gasteiger partial charge is 0.257 e. The van der Waals surface area contributed by atoms with E-state index < -0.39 is 0 Å². The van der Waals surface area contributed by atoms with Gasteiger partial charge in [0.05, 0.1) is 0 Å². The van der Waals surface area contributed by atoms with E-state index in [0.717, 1.165) is 6.42 Å². The largest absolute Gasteiger partial charge is 0.484 e. The number of amides is 1. The highest BCUT2D eigenvalue weighted by Gasteiger charge is 2.26. The van der Waals surface area contributed by atoms with Crippen LogP contribution in [0.1, 0.15) is 19.3 Å². The Balaban J connectivity index is 1.70. The molecule has 1 aromatic rings. The lowest BCUT2D eigenvalue weighted by Crippen LogP contribution is -2.34. The Morgan fingerprint density at radius 1 is 1.35 bits per heavy atom. The summed E-state index contributed by atoms with van der Waals surface area (Å²) in [4.78, 5) is 11.8. The van der Waals surface area contributed by atoms with Gasteiger partial charge in [0.1, 0.15) is 5.75 Å². The molecule has 2 rings (SSSR count). The standard InChI is InChI=1S/C15H19Cl2NO2/c16-8-11-3-1-4-12(11)9-18-15(19)10-20-14-6-2-5-13(17)7-14/h2,5-7,11-12H,1,3-4,8-10H2,(H,18,19). The first kappa shape index (κ1) is 15.5. The maximum Gasteiger partial charge on any atom is 0.257 e. The number of ether oxygens (including phenoxy) is 1. The van der Waals surface area contributed by atoms with Gasteiger partial charge in [0.25, 0.3) is 5.91 Å². The zero-order chi connectivity index (χ0) is 14.4. The van der Waals surface area contributed by atoms with E-state index in [0.29, 0.717) is 35.0 Å². The molecule has 0 bridgehead atoms. The number of carbonyl (C=O) groups is 1. The maximum absolute atomic E-state index is 11.8. The number of rotatable bonds is 6. The molecule has 1 aromatic carbocycles. The van der Waals surface area contributed by atoms with E-state index in [1.807, 2.05) is 0 Å². The lowest BCUT2D eigenvalue weighted by Gasteiger charge is -2.17. The minimum atomic E-state index is -0.106. The van der Waals surface area contributed by atoms with Crippen LogP contribution in [-0.2, 0) is 4.79 Å². The minimum Gasteiger partial charge on any atom is -0.484 e. The molecule has 1 fully saturated rings. The zero-order valence-corrected chi connectivity index (χ0v) is 12.8. The number of hydrogen-bond donors (Lipinski definition) is 1. The number of alkyl halides is 1. The van der Waals surface area contributed by atoms with E-state index in [9.17, 15) is 4.79 Å². The van der Waals surface area contributed by atoms with Gasteiger partial charge in [-0.3, -0.25) is 4.79 Å². The van der Waals surface area contributed by atoms with Crippen LogP contribution in [0.3, 0.4) is 0 Å². The van der Waals surface area contributed by atoms with E-state index in [1.54, 1.807) is 24.3 Å². The average molecular weight is 316 g/mol.